The largest absolute Gasteiger partial charge is 0.395 e. The molecule has 9 heavy (non-hydrogen) atoms. The normalized spacial score (nSPS) is 13.8. The second-order valence-corrected chi connectivity index (χ2v) is 5.57. The third-order valence-electron chi connectivity index (χ3n) is 1.55. The van der Waals surface area contributed by atoms with Crippen molar-refractivity contribution >= 4 is 10.3 Å². The molecule has 0 bridgehead atoms. The molecule has 58 valence electrons. The van der Waals surface area contributed by atoms with Gasteiger partial charge in [-0.15, -0.1) is 10.3 Å². The Balaban J connectivity index is 3.62. The van der Waals surface area contributed by atoms with Crippen LogP contribution in [0.25, 0.3) is 0 Å². The van der Waals surface area contributed by atoms with E-state index in [4.69, 9.17) is 5.11 Å². The van der Waals surface area contributed by atoms with Gasteiger partial charge in [-0.3, -0.25) is 0 Å². The van der Waals surface area contributed by atoms with Crippen LogP contribution in [0.4, 0.5) is 0 Å². The molecule has 2 N–H and O–H groups in total. The van der Waals surface area contributed by atoms with Gasteiger partial charge in [-0.25, -0.2) is 0 Å². The van der Waals surface area contributed by atoms with Gasteiger partial charge in [-0.2, -0.15) is 0 Å². The van der Waals surface area contributed by atoms with Crippen LogP contribution < -0.4 is 0 Å². The van der Waals surface area contributed by atoms with E-state index in [0.717, 1.165) is 11.5 Å². The number of aliphatic hydroxyl groups is 1. The van der Waals surface area contributed by atoms with Gasteiger partial charge in [0.1, 0.15) is 0 Å². The fraction of sp³-hybridized carbons (Fsp3) is 1.00. The maximum absolute atomic E-state index is 9.55. The molecular formula is C6H16O2S. The third-order valence-corrected chi connectivity index (χ3v) is 4.64. The summed E-state index contributed by atoms with van der Waals surface area (Å²) in [6.07, 6.45) is 0. The van der Waals surface area contributed by atoms with Crippen LogP contribution in [-0.4, -0.2) is 33.5 Å². The maximum atomic E-state index is 9.55. The summed E-state index contributed by atoms with van der Waals surface area (Å²) >= 11 is 0. The molecule has 0 fully saturated rings. The Morgan fingerprint density at radius 3 is 1.78 bits per heavy atom. The van der Waals surface area contributed by atoms with E-state index in [0.29, 0.717) is 5.75 Å². The highest BCUT2D eigenvalue weighted by Gasteiger charge is 2.13. The quantitative estimate of drug-likeness (QED) is 0.637. The molecule has 3 heteroatoms. The van der Waals surface area contributed by atoms with E-state index < -0.39 is 10.3 Å². The Hall–Kier alpha value is 0.270. The van der Waals surface area contributed by atoms with Crippen LogP contribution in [0.3, 0.4) is 0 Å². The van der Waals surface area contributed by atoms with E-state index in [1.54, 1.807) is 0 Å². The van der Waals surface area contributed by atoms with Crippen LogP contribution in [0, 0.1) is 0 Å². The SMILES string of the molecule is CCS(O)(CC)CCO. The zero-order valence-electron chi connectivity index (χ0n) is 6.13. The molecule has 0 radical (unpaired) electrons. The van der Waals surface area contributed by atoms with Crippen molar-refractivity contribution in [3.8, 4) is 0 Å². The first-order chi connectivity index (χ1) is 4.18. The van der Waals surface area contributed by atoms with Crippen molar-refractivity contribution < 1.29 is 9.66 Å². The molecular weight excluding hydrogens is 136 g/mol. The molecule has 0 aromatic rings. The summed E-state index contributed by atoms with van der Waals surface area (Å²) in [6.45, 7) is 4.05. The second-order valence-electron chi connectivity index (χ2n) is 2.00. The lowest BCUT2D eigenvalue weighted by molar-refractivity contribution is 0.319. The molecule has 2 nitrogen and oxygen atoms in total. The molecule has 0 aromatic heterocycles. The zero-order valence-corrected chi connectivity index (χ0v) is 6.95. The van der Waals surface area contributed by atoms with E-state index in [9.17, 15) is 4.55 Å². The Bertz CT molecular complexity index is 71.5. The Kier molecular flexibility index (Phi) is 4.27. The standard InChI is InChI=1S/C6H16O2S/c1-3-9(8,4-2)6-5-7/h7-8H,3-6H2,1-2H3. The average molecular weight is 152 g/mol. The fourth-order valence-corrected chi connectivity index (χ4v) is 1.99. The van der Waals surface area contributed by atoms with Crippen molar-refractivity contribution in [2.45, 2.75) is 13.8 Å². The smallest absolute Gasteiger partial charge is 0.0527 e. The summed E-state index contributed by atoms with van der Waals surface area (Å²) in [5, 5.41) is 8.52. The van der Waals surface area contributed by atoms with Gasteiger partial charge < -0.3 is 9.66 Å². The molecule has 0 saturated carbocycles. The van der Waals surface area contributed by atoms with Crippen LogP contribution in [-0.2, 0) is 0 Å². The van der Waals surface area contributed by atoms with Crippen molar-refractivity contribution in [3.63, 3.8) is 0 Å². The van der Waals surface area contributed by atoms with Gasteiger partial charge >= 0.3 is 0 Å². The van der Waals surface area contributed by atoms with Gasteiger partial charge in [-0.05, 0) is 11.5 Å². The number of hydrogen-bond donors (Lipinski definition) is 2. The minimum absolute atomic E-state index is 0.119. The number of hydrogen-bond acceptors (Lipinski definition) is 2. The maximum Gasteiger partial charge on any atom is 0.0527 e. The first-order valence-corrected chi connectivity index (χ1v) is 5.38. The summed E-state index contributed by atoms with van der Waals surface area (Å²) in [7, 11) is -1.41. The Morgan fingerprint density at radius 1 is 1.22 bits per heavy atom. The molecule has 0 aliphatic rings. The molecule has 0 amide bonds. The van der Waals surface area contributed by atoms with Gasteiger partial charge in [0.2, 0.25) is 0 Å². The van der Waals surface area contributed by atoms with Crippen LogP contribution in [0.5, 0.6) is 0 Å². The highest BCUT2D eigenvalue weighted by atomic mass is 32.3. The monoisotopic (exact) mass is 152 g/mol. The number of rotatable bonds is 4. The predicted molar refractivity (Wildman–Crippen MR) is 43.3 cm³/mol. The fourth-order valence-electron chi connectivity index (χ4n) is 0.663. The summed E-state index contributed by atoms with van der Waals surface area (Å²) < 4.78 is 9.55. The minimum Gasteiger partial charge on any atom is -0.395 e. The van der Waals surface area contributed by atoms with E-state index >= 15 is 0 Å². The van der Waals surface area contributed by atoms with Gasteiger partial charge in [0.15, 0.2) is 0 Å². The molecule has 0 unspecified atom stereocenters. The molecule has 0 spiro atoms. The summed E-state index contributed by atoms with van der Waals surface area (Å²) in [5.74, 6) is 2.20. The van der Waals surface area contributed by atoms with Crippen molar-refractivity contribution in [3.05, 3.63) is 0 Å². The molecule has 0 saturated heterocycles. The first-order valence-electron chi connectivity index (χ1n) is 3.28. The lowest BCUT2D eigenvalue weighted by Crippen LogP contribution is -2.11. The van der Waals surface area contributed by atoms with Gasteiger partial charge in [0, 0.05) is 5.75 Å². The first kappa shape index (κ1) is 9.27. The van der Waals surface area contributed by atoms with Crippen molar-refractivity contribution in [1.82, 2.24) is 0 Å². The topological polar surface area (TPSA) is 40.5 Å². The van der Waals surface area contributed by atoms with Crippen LogP contribution in [0.15, 0.2) is 0 Å². The van der Waals surface area contributed by atoms with Crippen LogP contribution in [0.2, 0.25) is 0 Å². The molecule has 0 aliphatic carbocycles. The van der Waals surface area contributed by atoms with Gasteiger partial charge in [0.25, 0.3) is 0 Å². The van der Waals surface area contributed by atoms with Crippen LogP contribution in [0.1, 0.15) is 13.8 Å². The second kappa shape index (κ2) is 4.14. The lowest BCUT2D eigenvalue weighted by Gasteiger charge is -2.30. The highest BCUT2D eigenvalue weighted by molar-refractivity contribution is 8.29. The molecule has 0 aromatic carbocycles. The number of aliphatic hydroxyl groups excluding tert-OH is 1. The van der Waals surface area contributed by atoms with E-state index in [2.05, 4.69) is 0 Å². The van der Waals surface area contributed by atoms with E-state index in [1.165, 1.54) is 0 Å². The van der Waals surface area contributed by atoms with Crippen molar-refractivity contribution in [2.24, 2.45) is 0 Å². The van der Waals surface area contributed by atoms with Gasteiger partial charge in [0.05, 0.1) is 6.61 Å². The Labute approximate surface area is 58.4 Å². The van der Waals surface area contributed by atoms with E-state index in [-0.39, 0.29) is 6.61 Å². The minimum atomic E-state index is -1.41. The molecule has 0 heterocycles. The van der Waals surface area contributed by atoms with E-state index in [1.807, 2.05) is 13.8 Å². The Morgan fingerprint density at radius 2 is 1.67 bits per heavy atom. The highest BCUT2D eigenvalue weighted by Crippen LogP contribution is 2.41. The summed E-state index contributed by atoms with van der Waals surface area (Å²) in [6, 6.07) is 0. The molecule has 0 atom stereocenters. The average Bonchev–Trinajstić information content (AvgIpc) is 1.89. The van der Waals surface area contributed by atoms with Gasteiger partial charge in [-0.1, -0.05) is 13.8 Å². The summed E-state index contributed by atoms with van der Waals surface area (Å²) in [4.78, 5) is 0. The predicted octanol–water partition coefficient (Wildman–Crippen LogP) is 1.30. The van der Waals surface area contributed by atoms with Crippen LogP contribution >= 0.6 is 10.3 Å². The zero-order chi connectivity index (χ0) is 7.33. The molecule has 0 rings (SSSR count). The summed E-state index contributed by atoms with van der Waals surface area (Å²) in [5.41, 5.74) is 0. The molecule has 0 aliphatic heterocycles. The third kappa shape index (κ3) is 3.08. The van der Waals surface area contributed by atoms with Crippen molar-refractivity contribution in [2.75, 3.05) is 23.9 Å². The van der Waals surface area contributed by atoms with Crippen molar-refractivity contribution in [1.29, 1.82) is 0 Å². The lowest BCUT2D eigenvalue weighted by atomic mass is 10.9.